The summed E-state index contributed by atoms with van der Waals surface area (Å²) in [4.78, 5) is 4.64. The van der Waals surface area contributed by atoms with Gasteiger partial charge in [-0.05, 0) is 87.3 Å². The maximum Gasteiger partial charge on any atom is 0.417 e. The summed E-state index contributed by atoms with van der Waals surface area (Å²) in [6.07, 6.45) is -0.895. The van der Waals surface area contributed by atoms with Gasteiger partial charge in [0.25, 0.3) is 0 Å². The molecule has 0 saturated carbocycles. The van der Waals surface area contributed by atoms with E-state index in [1.165, 1.54) is 19.3 Å². The van der Waals surface area contributed by atoms with Gasteiger partial charge in [0.15, 0.2) is 0 Å². The van der Waals surface area contributed by atoms with Crippen molar-refractivity contribution in [1.82, 2.24) is 0 Å². The second-order valence-electron chi connectivity index (χ2n) is 17.3. The third kappa shape index (κ3) is 6.38. The molecule has 0 aliphatic carbocycles. The Morgan fingerprint density at radius 3 is 1.62 bits per heavy atom. The Hall–Kier alpha value is -5.12. The molecule has 8 rings (SSSR count). The molecule has 4 aliphatic rings. The number of benzene rings is 4. The number of alkyl halides is 6. The molecule has 0 saturated heterocycles. The van der Waals surface area contributed by atoms with Crippen LogP contribution < -0.4 is 19.3 Å². The quantitative estimate of drug-likeness (QED) is 0.143. The minimum absolute atomic E-state index is 0.207. The number of ether oxygens (including phenoxy) is 2. The summed E-state index contributed by atoms with van der Waals surface area (Å²) in [5.41, 5.74) is 5.63. The van der Waals surface area contributed by atoms with E-state index in [1.807, 2.05) is 12.1 Å². The van der Waals surface area contributed by atoms with Crippen molar-refractivity contribution < 1.29 is 35.8 Å². The first kappa shape index (κ1) is 39.7. The van der Waals surface area contributed by atoms with Crippen LogP contribution in [0.15, 0.2) is 49.6 Å². The van der Waals surface area contributed by atoms with E-state index in [0.717, 1.165) is 121 Å². The molecular formula is C48H48F6N2O2. The van der Waals surface area contributed by atoms with Crippen molar-refractivity contribution in [2.75, 3.05) is 50.2 Å². The first-order chi connectivity index (χ1) is 27.3. The summed E-state index contributed by atoms with van der Waals surface area (Å²) >= 11 is 0. The maximum atomic E-state index is 15.1. The van der Waals surface area contributed by atoms with Crippen molar-refractivity contribution in [1.29, 1.82) is 0 Å². The van der Waals surface area contributed by atoms with E-state index in [9.17, 15) is 0 Å². The minimum atomic E-state index is -4.97. The molecule has 304 valence electrons. The number of anilines is 2. The van der Waals surface area contributed by atoms with Gasteiger partial charge >= 0.3 is 12.4 Å². The Kier molecular flexibility index (Phi) is 9.40. The molecule has 0 spiro atoms. The molecule has 4 aliphatic heterocycles. The highest BCUT2D eigenvalue weighted by atomic mass is 19.4. The summed E-state index contributed by atoms with van der Waals surface area (Å²) in [5.74, 6) is 1.08. The monoisotopic (exact) mass is 798 g/mol. The van der Waals surface area contributed by atoms with E-state index in [1.54, 1.807) is 19.3 Å². The molecule has 4 heterocycles. The van der Waals surface area contributed by atoms with Gasteiger partial charge in [0, 0.05) is 54.0 Å². The van der Waals surface area contributed by atoms with E-state index >= 15 is 26.3 Å². The number of nitrogens with zero attached hydrogens (tertiary/aromatic N) is 2. The van der Waals surface area contributed by atoms with Crippen LogP contribution >= 0.6 is 0 Å². The van der Waals surface area contributed by atoms with Crippen LogP contribution in [0.25, 0.3) is 46.2 Å². The number of fused-ring (bicyclic) bond motifs is 1. The first-order valence-electron chi connectivity index (χ1n) is 19.7. The summed E-state index contributed by atoms with van der Waals surface area (Å²) < 4.78 is 103. The fourth-order valence-electron chi connectivity index (χ4n) is 9.71. The predicted octanol–water partition coefficient (Wildman–Crippen LogP) is 13.0. The van der Waals surface area contributed by atoms with E-state index in [0.29, 0.717) is 22.6 Å². The second-order valence-corrected chi connectivity index (χ2v) is 17.3. The molecule has 58 heavy (non-hydrogen) atoms. The molecular weight excluding hydrogens is 751 g/mol. The van der Waals surface area contributed by atoms with E-state index in [4.69, 9.17) is 9.47 Å². The van der Waals surface area contributed by atoms with Crippen LogP contribution in [0.5, 0.6) is 11.5 Å². The zero-order chi connectivity index (χ0) is 41.7. The Balaban J connectivity index is 1.27. The standard InChI is InChI=1S/C48H48F6N2O2/c1-27-17-21-55-24-20-46(5,6)40-41(55)35(27)25-31(44(40)58-8)11-9-29-13-15-34-33(38(29)47(49,50)51)16-14-30(39(34)48(52,53)54)10-12-32-26-36-42-37(43(32)57-7)28(2)18-22-56(42)23-19-45(36,3)4/h9-16,25-26H,1-2,17-24H2,3-8H3. The van der Waals surface area contributed by atoms with Crippen LogP contribution in [0.2, 0.25) is 0 Å². The molecule has 0 N–H and O–H groups in total. The molecule has 0 bridgehead atoms. The minimum Gasteiger partial charge on any atom is -0.496 e. The van der Waals surface area contributed by atoms with Crippen LogP contribution in [-0.2, 0) is 23.2 Å². The molecule has 0 fully saturated rings. The smallest absolute Gasteiger partial charge is 0.417 e. The van der Waals surface area contributed by atoms with Gasteiger partial charge in [-0.1, -0.05) is 89.4 Å². The fraction of sp³-hybridized carbons (Fsp3) is 0.375. The Bertz CT molecular complexity index is 2390. The van der Waals surface area contributed by atoms with Gasteiger partial charge < -0.3 is 19.3 Å². The zero-order valence-corrected chi connectivity index (χ0v) is 33.8. The van der Waals surface area contributed by atoms with Crippen LogP contribution in [-0.4, -0.2) is 40.4 Å². The highest BCUT2D eigenvalue weighted by Crippen LogP contribution is 2.54. The Labute approximate surface area is 336 Å². The third-order valence-electron chi connectivity index (χ3n) is 12.8. The number of hydrogen-bond donors (Lipinski definition) is 0. The average Bonchev–Trinajstić information content (AvgIpc) is 3.15. The van der Waals surface area contributed by atoms with E-state index in [2.05, 4.69) is 50.7 Å². The van der Waals surface area contributed by atoms with Gasteiger partial charge in [-0.15, -0.1) is 0 Å². The van der Waals surface area contributed by atoms with Crippen molar-refractivity contribution in [3.63, 3.8) is 0 Å². The van der Waals surface area contributed by atoms with Crippen LogP contribution in [0, 0.1) is 0 Å². The average molecular weight is 799 g/mol. The highest BCUT2D eigenvalue weighted by molar-refractivity contribution is 5.97. The van der Waals surface area contributed by atoms with Crippen molar-refractivity contribution in [3.8, 4) is 11.5 Å². The lowest BCUT2D eigenvalue weighted by Gasteiger charge is -2.45. The normalized spacial score (nSPS) is 18.6. The van der Waals surface area contributed by atoms with Gasteiger partial charge in [0.05, 0.1) is 36.7 Å². The molecule has 4 aromatic carbocycles. The number of halogens is 6. The summed E-state index contributed by atoms with van der Waals surface area (Å²) in [6.45, 7) is 20.6. The Morgan fingerprint density at radius 1 is 0.603 bits per heavy atom. The predicted molar refractivity (Wildman–Crippen MR) is 225 cm³/mol. The van der Waals surface area contributed by atoms with Crippen LogP contribution in [0.1, 0.15) is 109 Å². The van der Waals surface area contributed by atoms with E-state index in [-0.39, 0.29) is 22.0 Å². The Morgan fingerprint density at radius 2 is 1.09 bits per heavy atom. The number of hydrogen-bond acceptors (Lipinski definition) is 4. The van der Waals surface area contributed by atoms with Gasteiger partial charge in [-0.3, -0.25) is 0 Å². The second kappa shape index (κ2) is 13.7. The summed E-state index contributed by atoms with van der Waals surface area (Å²) in [6, 6.07) is 8.41. The van der Waals surface area contributed by atoms with Crippen LogP contribution in [0.4, 0.5) is 37.7 Å². The molecule has 4 nitrogen and oxygen atoms in total. The lowest BCUT2D eigenvalue weighted by Crippen LogP contribution is -2.40. The van der Waals surface area contributed by atoms with Gasteiger partial charge in [-0.2, -0.15) is 26.3 Å². The van der Waals surface area contributed by atoms with E-state index < -0.39 is 34.3 Å². The first-order valence-corrected chi connectivity index (χ1v) is 19.7. The van der Waals surface area contributed by atoms with Gasteiger partial charge in [0.2, 0.25) is 0 Å². The number of rotatable bonds is 6. The SMILES string of the molecule is C=C1CCN2CCC(C)(C)c3c(OC)c(C=Cc4ccc5c(C(F)(F)F)c(C=Cc6cc7c8c(c6OC)C(=C)CCN8CCC7(C)C)ccc5c4C(F)(F)F)cc1c32. The van der Waals surface area contributed by atoms with Crippen molar-refractivity contribution in [2.45, 2.75) is 76.6 Å². The zero-order valence-electron chi connectivity index (χ0n) is 33.8. The van der Waals surface area contributed by atoms with Crippen LogP contribution in [0.3, 0.4) is 0 Å². The largest absolute Gasteiger partial charge is 0.496 e. The molecule has 10 heteroatoms. The van der Waals surface area contributed by atoms with Crippen molar-refractivity contribution in [3.05, 3.63) is 105 Å². The number of methoxy groups -OCH3 is 2. The molecule has 0 aromatic heterocycles. The highest BCUT2D eigenvalue weighted by Gasteiger charge is 2.42. The fourth-order valence-corrected chi connectivity index (χ4v) is 9.71. The molecule has 0 unspecified atom stereocenters. The lowest BCUT2D eigenvalue weighted by atomic mass is 9.73. The molecule has 0 atom stereocenters. The molecule has 0 amide bonds. The topological polar surface area (TPSA) is 24.9 Å². The molecule has 4 aromatic rings. The molecule has 0 radical (unpaired) electrons. The van der Waals surface area contributed by atoms with Gasteiger partial charge in [-0.25, -0.2) is 0 Å². The maximum absolute atomic E-state index is 15.1. The lowest BCUT2D eigenvalue weighted by molar-refractivity contribution is -0.138. The van der Waals surface area contributed by atoms with Crippen molar-refractivity contribution in [2.24, 2.45) is 0 Å². The van der Waals surface area contributed by atoms with Gasteiger partial charge in [0.1, 0.15) is 11.5 Å². The summed E-state index contributed by atoms with van der Waals surface area (Å²) in [7, 11) is 3.08. The van der Waals surface area contributed by atoms with Crippen molar-refractivity contribution >= 4 is 57.6 Å². The third-order valence-corrected chi connectivity index (χ3v) is 12.8. The summed E-state index contributed by atoms with van der Waals surface area (Å²) in [5, 5.41) is -1.07.